The van der Waals surface area contributed by atoms with Crippen molar-refractivity contribution in [2.75, 3.05) is 5.32 Å². The molecule has 0 spiro atoms. The predicted molar refractivity (Wildman–Crippen MR) is 118 cm³/mol. The van der Waals surface area contributed by atoms with Crippen LogP contribution in [0.1, 0.15) is 35.0 Å². The van der Waals surface area contributed by atoms with Crippen LogP contribution in [0.2, 0.25) is 0 Å². The number of nitrogens with one attached hydrogen (secondary N) is 1. The Bertz CT molecular complexity index is 1110. The largest absolute Gasteiger partial charge is 0.322 e. The van der Waals surface area contributed by atoms with Crippen LogP contribution in [0, 0.1) is 5.82 Å². The lowest BCUT2D eigenvalue weighted by molar-refractivity contribution is 0.103. The van der Waals surface area contributed by atoms with Gasteiger partial charge in [-0.05, 0) is 53.4 Å². The molecule has 0 unspecified atom stereocenters. The molecule has 2 aromatic heterocycles. The first-order chi connectivity index (χ1) is 14.0. The summed E-state index contributed by atoms with van der Waals surface area (Å²) in [7, 11) is 0. The van der Waals surface area contributed by atoms with Crippen LogP contribution in [0.4, 0.5) is 10.1 Å². The zero-order valence-electron chi connectivity index (χ0n) is 16.2. The predicted octanol–water partition coefficient (Wildman–Crippen LogP) is 6.72. The van der Waals surface area contributed by atoms with Gasteiger partial charge in [-0.25, -0.2) is 4.39 Å². The first-order valence-electron chi connectivity index (χ1n) is 9.45. The van der Waals surface area contributed by atoms with Crippen LogP contribution in [-0.2, 0) is 0 Å². The van der Waals surface area contributed by atoms with Crippen LogP contribution >= 0.6 is 11.3 Å². The molecule has 29 heavy (non-hydrogen) atoms. The number of amides is 1. The summed E-state index contributed by atoms with van der Waals surface area (Å²) in [6.45, 7) is 4.28. The molecule has 0 aliphatic rings. The van der Waals surface area contributed by atoms with Gasteiger partial charge in [-0.1, -0.05) is 38.1 Å². The number of anilines is 1. The second-order valence-corrected chi connectivity index (χ2v) is 8.03. The van der Waals surface area contributed by atoms with Crippen LogP contribution in [-0.4, -0.2) is 10.5 Å². The van der Waals surface area contributed by atoms with Crippen molar-refractivity contribution in [2.24, 2.45) is 0 Å². The number of rotatable bonds is 5. The quantitative estimate of drug-likeness (QED) is 0.393. The summed E-state index contributed by atoms with van der Waals surface area (Å²) in [5.74, 6) is -0.00526. The van der Waals surface area contributed by atoms with Gasteiger partial charge in [0, 0.05) is 29.0 Å². The van der Waals surface area contributed by atoms with Gasteiger partial charge in [0.2, 0.25) is 0 Å². The second-order valence-electron chi connectivity index (χ2n) is 7.16. The number of thiophene rings is 1. The number of hydrogen-bond donors (Lipinski definition) is 1. The van der Waals surface area contributed by atoms with Gasteiger partial charge in [0.1, 0.15) is 10.7 Å². The van der Waals surface area contributed by atoms with Crippen molar-refractivity contribution < 1.29 is 9.18 Å². The summed E-state index contributed by atoms with van der Waals surface area (Å²) in [6.07, 6.45) is 3.81. The zero-order chi connectivity index (χ0) is 20.4. The van der Waals surface area contributed by atoms with E-state index in [0.29, 0.717) is 10.8 Å². The summed E-state index contributed by atoms with van der Waals surface area (Å²) >= 11 is 1.38. The smallest absolute Gasteiger partial charge is 0.267 e. The molecule has 0 fully saturated rings. The molecule has 1 amide bonds. The lowest BCUT2D eigenvalue weighted by Gasteiger charge is -2.11. The van der Waals surface area contributed by atoms with Gasteiger partial charge in [0.05, 0.1) is 5.69 Å². The molecule has 4 rings (SSSR count). The zero-order valence-corrected chi connectivity index (χ0v) is 17.0. The Morgan fingerprint density at radius 3 is 2.28 bits per heavy atom. The monoisotopic (exact) mass is 404 g/mol. The van der Waals surface area contributed by atoms with E-state index in [-0.39, 0.29) is 11.7 Å². The molecular formula is C24H21FN2OS. The van der Waals surface area contributed by atoms with E-state index in [2.05, 4.69) is 19.2 Å². The molecule has 1 N–H and O–H groups in total. The fourth-order valence-electron chi connectivity index (χ4n) is 3.23. The minimum atomic E-state index is -0.283. The lowest BCUT2D eigenvalue weighted by atomic mass is 10.0. The number of benzene rings is 2. The van der Waals surface area contributed by atoms with Crippen molar-refractivity contribution in [1.29, 1.82) is 0 Å². The first kappa shape index (κ1) is 19.2. The average molecular weight is 405 g/mol. The maximum Gasteiger partial charge on any atom is 0.267 e. The normalized spacial score (nSPS) is 11.0. The lowest BCUT2D eigenvalue weighted by Crippen LogP contribution is -2.13. The molecule has 3 nitrogen and oxygen atoms in total. The maximum absolute atomic E-state index is 13.4. The Kier molecular flexibility index (Phi) is 5.32. The van der Waals surface area contributed by atoms with E-state index in [1.165, 1.54) is 29.0 Å². The molecule has 146 valence electrons. The highest BCUT2D eigenvalue weighted by atomic mass is 32.1. The summed E-state index contributed by atoms with van der Waals surface area (Å²) in [4.78, 5) is 13.7. The van der Waals surface area contributed by atoms with Gasteiger partial charge >= 0.3 is 0 Å². The van der Waals surface area contributed by atoms with Crippen molar-refractivity contribution in [3.8, 4) is 16.8 Å². The maximum atomic E-state index is 13.4. The van der Waals surface area contributed by atoms with Crippen molar-refractivity contribution in [2.45, 2.75) is 19.8 Å². The SMILES string of the molecule is CC(C)c1ccc(NC(=O)c2scc(-c3ccc(F)cc3)c2-n2cccc2)cc1. The van der Waals surface area contributed by atoms with Crippen LogP contribution < -0.4 is 5.32 Å². The Morgan fingerprint density at radius 1 is 1.00 bits per heavy atom. The molecule has 2 aromatic carbocycles. The first-order valence-corrected chi connectivity index (χ1v) is 10.3. The van der Waals surface area contributed by atoms with E-state index in [4.69, 9.17) is 0 Å². The van der Waals surface area contributed by atoms with Crippen molar-refractivity contribution in [1.82, 2.24) is 4.57 Å². The van der Waals surface area contributed by atoms with Crippen LogP contribution in [0.3, 0.4) is 0 Å². The Hall–Kier alpha value is -3.18. The summed E-state index contributed by atoms with van der Waals surface area (Å²) in [5, 5.41) is 4.94. The van der Waals surface area contributed by atoms with E-state index >= 15 is 0 Å². The van der Waals surface area contributed by atoms with E-state index in [9.17, 15) is 9.18 Å². The number of carbonyl (C=O) groups excluding carboxylic acids is 1. The van der Waals surface area contributed by atoms with Gasteiger partial charge in [0.25, 0.3) is 5.91 Å². The third-order valence-corrected chi connectivity index (χ3v) is 5.79. The second kappa shape index (κ2) is 8.05. The molecule has 0 aliphatic carbocycles. The molecule has 0 saturated heterocycles. The standard InChI is InChI=1S/C24H21FN2OS/c1-16(2)17-7-11-20(12-8-17)26-24(28)23-22(27-13-3-4-14-27)21(15-29-23)18-5-9-19(25)10-6-18/h3-16H,1-2H3,(H,26,28). The van der Waals surface area contributed by atoms with Gasteiger partial charge < -0.3 is 9.88 Å². The minimum absolute atomic E-state index is 0.163. The third-order valence-electron chi connectivity index (χ3n) is 4.82. The molecular weight excluding hydrogens is 383 g/mol. The molecule has 0 radical (unpaired) electrons. The Morgan fingerprint density at radius 2 is 1.66 bits per heavy atom. The minimum Gasteiger partial charge on any atom is -0.322 e. The van der Waals surface area contributed by atoms with Gasteiger partial charge in [-0.15, -0.1) is 11.3 Å². The number of carbonyl (C=O) groups is 1. The van der Waals surface area contributed by atoms with E-state index < -0.39 is 0 Å². The fraction of sp³-hybridized carbons (Fsp3) is 0.125. The van der Waals surface area contributed by atoms with Crippen LogP contribution in [0.15, 0.2) is 78.4 Å². The van der Waals surface area contributed by atoms with Crippen molar-refractivity contribution in [3.05, 3.63) is 94.7 Å². The van der Waals surface area contributed by atoms with Crippen molar-refractivity contribution in [3.63, 3.8) is 0 Å². The van der Waals surface area contributed by atoms with Crippen molar-refractivity contribution >= 4 is 22.9 Å². The highest BCUT2D eigenvalue weighted by Crippen LogP contribution is 2.35. The summed E-state index contributed by atoms with van der Waals surface area (Å²) in [5.41, 5.74) is 4.54. The molecule has 0 atom stereocenters. The number of hydrogen-bond acceptors (Lipinski definition) is 2. The highest BCUT2D eigenvalue weighted by molar-refractivity contribution is 7.13. The Balaban J connectivity index is 1.70. The van der Waals surface area contributed by atoms with E-state index in [1.807, 2.05) is 58.7 Å². The number of nitrogens with zero attached hydrogens (tertiary/aromatic N) is 1. The molecule has 0 saturated carbocycles. The van der Waals surface area contributed by atoms with Crippen LogP contribution in [0.5, 0.6) is 0 Å². The van der Waals surface area contributed by atoms with Crippen LogP contribution in [0.25, 0.3) is 16.8 Å². The molecule has 5 heteroatoms. The van der Waals surface area contributed by atoms with E-state index in [1.54, 1.807) is 12.1 Å². The van der Waals surface area contributed by atoms with Gasteiger partial charge in [-0.3, -0.25) is 4.79 Å². The number of halogens is 1. The molecule has 2 heterocycles. The average Bonchev–Trinajstić information content (AvgIpc) is 3.38. The Labute approximate surface area is 173 Å². The summed E-state index contributed by atoms with van der Waals surface area (Å²) < 4.78 is 15.3. The molecule has 0 aliphatic heterocycles. The highest BCUT2D eigenvalue weighted by Gasteiger charge is 2.20. The topological polar surface area (TPSA) is 34.0 Å². The van der Waals surface area contributed by atoms with Gasteiger partial charge in [0.15, 0.2) is 0 Å². The summed E-state index contributed by atoms with van der Waals surface area (Å²) in [6, 6.07) is 18.1. The molecule has 4 aromatic rings. The number of aromatic nitrogens is 1. The van der Waals surface area contributed by atoms with Gasteiger partial charge in [-0.2, -0.15) is 0 Å². The van der Waals surface area contributed by atoms with E-state index in [0.717, 1.165) is 22.5 Å². The third kappa shape index (κ3) is 4.00. The fourth-order valence-corrected chi connectivity index (χ4v) is 4.19. The molecule has 0 bridgehead atoms.